The summed E-state index contributed by atoms with van der Waals surface area (Å²) >= 11 is 0. The van der Waals surface area contributed by atoms with E-state index >= 15 is 0 Å². The van der Waals surface area contributed by atoms with E-state index in [1.165, 1.54) is 4.90 Å². The van der Waals surface area contributed by atoms with Gasteiger partial charge in [-0.1, -0.05) is 40.0 Å². The van der Waals surface area contributed by atoms with E-state index in [4.69, 9.17) is 0 Å². The van der Waals surface area contributed by atoms with Gasteiger partial charge >= 0.3 is 17.9 Å². The van der Waals surface area contributed by atoms with Gasteiger partial charge in [0, 0.05) is 51.2 Å². The maximum atomic E-state index is 12.9. The standard InChI is InChI=1S/C26H48N4O7/c1-4-7-13-29(14-8-5-2)22(31)11-9-10-12-26(30(18-24(34)35)19-25(36)37)20-27(6-3)15-16-28(21-26)17-23(32)33/h4-21H2,1-3H3,(H,32,33)(H,34,35)(H,36,37). The Morgan fingerprint density at radius 2 is 1.30 bits per heavy atom. The van der Waals surface area contributed by atoms with Gasteiger partial charge in [0.25, 0.3) is 0 Å². The molecule has 37 heavy (non-hydrogen) atoms. The SMILES string of the molecule is CCCCN(CCCC)C(=O)CCCCC1(N(CC(=O)O)CC(=O)O)CN(CC)CCN(CC(=O)O)C1. The van der Waals surface area contributed by atoms with Crippen LogP contribution in [0.15, 0.2) is 0 Å². The van der Waals surface area contributed by atoms with E-state index in [1.807, 2.05) is 11.8 Å². The van der Waals surface area contributed by atoms with Gasteiger partial charge in [-0.25, -0.2) is 0 Å². The molecular weight excluding hydrogens is 480 g/mol. The number of unbranched alkanes of at least 4 members (excludes halogenated alkanes) is 3. The molecule has 1 atom stereocenters. The van der Waals surface area contributed by atoms with Crippen LogP contribution >= 0.6 is 0 Å². The van der Waals surface area contributed by atoms with Crippen molar-refractivity contribution < 1.29 is 34.5 Å². The molecule has 11 heteroatoms. The molecular formula is C26H48N4O7. The fraction of sp³-hybridized carbons (Fsp3) is 0.846. The van der Waals surface area contributed by atoms with Gasteiger partial charge in [0.15, 0.2) is 0 Å². The predicted octanol–water partition coefficient (Wildman–Crippen LogP) is 1.91. The number of aliphatic carboxylic acids is 3. The molecule has 0 aromatic rings. The first-order chi connectivity index (χ1) is 17.6. The van der Waals surface area contributed by atoms with Gasteiger partial charge in [0.2, 0.25) is 5.91 Å². The highest BCUT2D eigenvalue weighted by Crippen LogP contribution is 2.28. The first-order valence-corrected chi connectivity index (χ1v) is 13.7. The number of carboxylic acid groups (broad SMARTS) is 3. The number of amides is 1. The number of carboxylic acids is 3. The number of hydrogen-bond donors (Lipinski definition) is 3. The minimum Gasteiger partial charge on any atom is -0.480 e. The molecule has 1 rings (SSSR count). The third-order valence-electron chi connectivity index (χ3n) is 7.10. The highest BCUT2D eigenvalue weighted by atomic mass is 16.4. The summed E-state index contributed by atoms with van der Waals surface area (Å²) in [5, 5.41) is 28.6. The van der Waals surface area contributed by atoms with Crippen molar-refractivity contribution in [2.45, 2.75) is 77.7 Å². The smallest absolute Gasteiger partial charge is 0.317 e. The van der Waals surface area contributed by atoms with Crippen molar-refractivity contribution in [1.82, 2.24) is 19.6 Å². The molecule has 11 nitrogen and oxygen atoms in total. The zero-order valence-electron chi connectivity index (χ0n) is 23.0. The van der Waals surface area contributed by atoms with Crippen LogP contribution in [0.3, 0.4) is 0 Å². The molecule has 0 aromatic carbocycles. The Morgan fingerprint density at radius 1 is 0.757 bits per heavy atom. The van der Waals surface area contributed by atoms with Crippen LogP contribution in [0.1, 0.15) is 72.1 Å². The first kappa shape index (κ1) is 32.8. The van der Waals surface area contributed by atoms with Crippen molar-refractivity contribution >= 4 is 23.8 Å². The summed E-state index contributed by atoms with van der Waals surface area (Å²) in [6.45, 7) is 9.06. The van der Waals surface area contributed by atoms with Gasteiger partial charge in [0.05, 0.1) is 19.6 Å². The molecule has 0 saturated carbocycles. The van der Waals surface area contributed by atoms with Gasteiger partial charge in [-0.2, -0.15) is 0 Å². The van der Waals surface area contributed by atoms with E-state index < -0.39 is 36.5 Å². The number of likely N-dealkylation sites (N-methyl/N-ethyl adjacent to an activating group) is 1. The maximum Gasteiger partial charge on any atom is 0.317 e. The molecule has 214 valence electrons. The lowest BCUT2D eigenvalue weighted by molar-refractivity contribution is -0.147. The zero-order chi connectivity index (χ0) is 27.8. The van der Waals surface area contributed by atoms with Gasteiger partial charge in [0.1, 0.15) is 0 Å². The lowest BCUT2D eigenvalue weighted by Crippen LogP contribution is -2.61. The minimum atomic E-state index is -1.13. The highest BCUT2D eigenvalue weighted by Gasteiger charge is 2.43. The molecule has 1 aliphatic heterocycles. The van der Waals surface area contributed by atoms with Crippen LogP contribution in [0.25, 0.3) is 0 Å². The summed E-state index contributed by atoms with van der Waals surface area (Å²) in [6.07, 6.45) is 6.03. The molecule has 1 aliphatic rings. The predicted molar refractivity (Wildman–Crippen MR) is 141 cm³/mol. The van der Waals surface area contributed by atoms with Crippen molar-refractivity contribution in [2.24, 2.45) is 0 Å². The molecule has 1 amide bonds. The summed E-state index contributed by atoms with van der Waals surface area (Å²) in [4.78, 5) is 55.2. The molecule has 0 aliphatic carbocycles. The van der Waals surface area contributed by atoms with Crippen LogP contribution in [-0.4, -0.2) is 130 Å². The highest BCUT2D eigenvalue weighted by molar-refractivity contribution is 5.76. The third-order valence-corrected chi connectivity index (χ3v) is 7.10. The van der Waals surface area contributed by atoms with Crippen molar-refractivity contribution in [3.05, 3.63) is 0 Å². The Bertz CT molecular complexity index is 712. The number of rotatable bonds is 19. The molecule has 1 heterocycles. The molecule has 0 radical (unpaired) electrons. The van der Waals surface area contributed by atoms with Crippen LogP contribution < -0.4 is 0 Å². The van der Waals surface area contributed by atoms with E-state index in [9.17, 15) is 34.5 Å². The second-order valence-corrected chi connectivity index (χ2v) is 10.1. The van der Waals surface area contributed by atoms with Crippen LogP contribution in [-0.2, 0) is 19.2 Å². The summed E-state index contributed by atoms with van der Waals surface area (Å²) in [7, 11) is 0. The third kappa shape index (κ3) is 12.2. The van der Waals surface area contributed by atoms with Crippen LogP contribution in [0, 0.1) is 0 Å². The van der Waals surface area contributed by atoms with E-state index in [0.717, 1.165) is 38.8 Å². The molecule has 0 aromatic heterocycles. The largest absolute Gasteiger partial charge is 0.480 e. The molecule has 3 N–H and O–H groups in total. The molecule has 0 spiro atoms. The second-order valence-electron chi connectivity index (χ2n) is 10.1. The van der Waals surface area contributed by atoms with Crippen molar-refractivity contribution in [2.75, 3.05) is 65.4 Å². The Balaban J connectivity index is 3.11. The Labute approximate surface area is 221 Å². The quantitative estimate of drug-likeness (QED) is 0.213. The van der Waals surface area contributed by atoms with Crippen molar-refractivity contribution in [1.29, 1.82) is 0 Å². The van der Waals surface area contributed by atoms with Gasteiger partial charge in [-0.05, 0) is 32.2 Å². The summed E-state index contributed by atoms with van der Waals surface area (Å²) in [5.41, 5.74) is -0.869. The van der Waals surface area contributed by atoms with Crippen molar-refractivity contribution in [3.8, 4) is 0 Å². The average Bonchev–Trinajstić information content (AvgIpc) is 3.00. The van der Waals surface area contributed by atoms with Crippen LogP contribution in [0.4, 0.5) is 0 Å². The summed E-state index contributed by atoms with van der Waals surface area (Å²) in [5.74, 6) is -3.12. The Kier molecular flexibility index (Phi) is 15.3. The van der Waals surface area contributed by atoms with Gasteiger partial charge in [-0.15, -0.1) is 0 Å². The van der Waals surface area contributed by atoms with Crippen LogP contribution in [0.2, 0.25) is 0 Å². The number of hydrogen-bond acceptors (Lipinski definition) is 7. The van der Waals surface area contributed by atoms with Gasteiger partial charge in [-0.3, -0.25) is 29.0 Å². The van der Waals surface area contributed by atoms with Crippen LogP contribution in [0.5, 0.6) is 0 Å². The topological polar surface area (TPSA) is 142 Å². The van der Waals surface area contributed by atoms with E-state index in [-0.39, 0.29) is 19.0 Å². The number of carbonyl (C=O) groups excluding carboxylic acids is 1. The Morgan fingerprint density at radius 3 is 1.78 bits per heavy atom. The molecule has 1 unspecified atom stereocenters. The monoisotopic (exact) mass is 528 g/mol. The first-order valence-electron chi connectivity index (χ1n) is 13.7. The normalized spacial score (nSPS) is 19.0. The lowest BCUT2D eigenvalue weighted by atomic mass is 9.88. The minimum absolute atomic E-state index is 0.118. The lowest BCUT2D eigenvalue weighted by Gasteiger charge is -2.45. The Hall–Kier alpha value is -2.24. The number of carbonyl (C=O) groups is 4. The van der Waals surface area contributed by atoms with Gasteiger partial charge < -0.3 is 25.1 Å². The fourth-order valence-electron chi connectivity index (χ4n) is 5.10. The fourth-order valence-corrected chi connectivity index (χ4v) is 5.10. The van der Waals surface area contributed by atoms with E-state index in [0.29, 0.717) is 51.9 Å². The maximum absolute atomic E-state index is 12.9. The zero-order valence-corrected chi connectivity index (χ0v) is 23.0. The van der Waals surface area contributed by atoms with Crippen molar-refractivity contribution in [3.63, 3.8) is 0 Å². The molecule has 0 bridgehead atoms. The van der Waals surface area contributed by atoms with E-state index in [2.05, 4.69) is 18.7 Å². The van der Waals surface area contributed by atoms with E-state index in [1.54, 1.807) is 4.90 Å². The molecule has 1 saturated heterocycles. The number of nitrogens with zero attached hydrogens (tertiary/aromatic N) is 4. The second kappa shape index (κ2) is 17.3. The molecule has 1 fully saturated rings. The summed E-state index contributed by atoms with van der Waals surface area (Å²) in [6, 6.07) is 0. The summed E-state index contributed by atoms with van der Waals surface area (Å²) < 4.78 is 0. The average molecular weight is 529 g/mol.